The van der Waals surface area contributed by atoms with Crippen LogP contribution >= 0.6 is 0 Å². The Hall–Kier alpha value is -3.70. The van der Waals surface area contributed by atoms with E-state index in [1.54, 1.807) is 26.2 Å². The van der Waals surface area contributed by atoms with E-state index in [0.717, 1.165) is 5.56 Å². The summed E-state index contributed by atoms with van der Waals surface area (Å²) in [5.41, 5.74) is 6.33. The number of nitrogens with two attached hydrogens (primary N) is 1. The Morgan fingerprint density at radius 2 is 1.49 bits per heavy atom. The fourth-order valence-electron chi connectivity index (χ4n) is 5.04. The van der Waals surface area contributed by atoms with Gasteiger partial charge in [-0.05, 0) is 43.5 Å². The summed E-state index contributed by atoms with van der Waals surface area (Å²) in [4.78, 5) is 41.7. The number of carbonyl (C=O) groups is 3. The maximum atomic E-state index is 13.9. The fourth-order valence-corrected chi connectivity index (χ4v) is 6.19. The molecule has 0 aliphatic heterocycles. The van der Waals surface area contributed by atoms with E-state index in [4.69, 9.17) is 5.73 Å². The molecule has 3 atom stereocenters. The molecule has 0 spiro atoms. The molecular formula is C32H47N5O5S. The molecule has 0 aliphatic rings. The van der Waals surface area contributed by atoms with Crippen LogP contribution in [0.4, 0.5) is 5.69 Å². The van der Waals surface area contributed by atoms with Gasteiger partial charge in [-0.15, -0.1) is 0 Å². The molecule has 0 saturated carbocycles. The van der Waals surface area contributed by atoms with Crippen LogP contribution in [-0.4, -0.2) is 63.3 Å². The van der Waals surface area contributed by atoms with E-state index in [1.807, 2.05) is 71.9 Å². The van der Waals surface area contributed by atoms with Crippen molar-refractivity contribution in [2.24, 2.45) is 11.8 Å². The maximum absolute atomic E-state index is 13.9. The third kappa shape index (κ3) is 8.67. The van der Waals surface area contributed by atoms with Crippen molar-refractivity contribution in [1.29, 1.82) is 0 Å². The van der Waals surface area contributed by atoms with Gasteiger partial charge in [-0.25, -0.2) is 13.1 Å². The zero-order chi connectivity index (χ0) is 32.7. The van der Waals surface area contributed by atoms with Crippen molar-refractivity contribution in [2.75, 3.05) is 19.8 Å². The molecule has 0 saturated heterocycles. The Morgan fingerprint density at radius 3 is 2.00 bits per heavy atom. The highest BCUT2D eigenvalue weighted by Crippen LogP contribution is 2.27. The number of likely N-dealkylation sites (N-methyl/N-ethyl adjacent to an activating group) is 2. The van der Waals surface area contributed by atoms with Crippen LogP contribution in [0.2, 0.25) is 0 Å². The van der Waals surface area contributed by atoms with E-state index in [9.17, 15) is 22.8 Å². The lowest BCUT2D eigenvalue weighted by Gasteiger charge is -2.37. The number of benzene rings is 2. The predicted octanol–water partition coefficient (Wildman–Crippen LogP) is 3.21. The molecule has 236 valence electrons. The summed E-state index contributed by atoms with van der Waals surface area (Å²) in [6.45, 7) is 12.9. The molecule has 0 fully saturated rings. The van der Waals surface area contributed by atoms with E-state index in [0.29, 0.717) is 0 Å². The quantitative estimate of drug-likeness (QED) is 0.200. The first-order chi connectivity index (χ1) is 19.9. The first-order valence-electron chi connectivity index (χ1n) is 14.4. The Kier molecular flexibility index (Phi) is 12.1. The number of hydrogen-bond donors (Lipinski definition) is 4. The normalized spacial score (nSPS) is 14.6. The second-order valence-corrected chi connectivity index (χ2v) is 13.7. The highest BCUT2D eigenvalue weighted by Gasteiger charge is 2.39. The van der Waals surface area contributed by atoms with Crippen molar-refractivity contribution in [3.63, 3.8) is 0 Å². The van der Waals surface area contributed by atoms with Crippen LogP contribution < -0.4 is 21.1 Å². The Morgan fingerprint density at radius 1 is 0.930 bits per heavy atom. The third-order valence-corrected chi connectivity index (χ3v) is 9.12. The Labute approximate surface area is 256 Å². The number of carbonyl (C=O) groups excluding carboxylic acids is 3. The minimum Gasteiger partial charge on any atom is -0.398 e. The van der Waals surface area contributed by atoms with Crippen LogP contribution in [-0.2, 0) is 29.8 Å². The zero-order valence-electron chi connectivity index (χ0n) is 26.6. The SMILES string of the molecule is CN[C@H](C(=O)N[C@H](C(=O)N(C)[C@H](/C=C(\C)C(=O)NS(=O)(=O)c1ccccc1N)C(C)C)C(C)C)C(C)(C)c1ccccc1. The van der Waals surface area contributed by atoms with Crippen molar-refractivity contribution in [3.05, 3.63) is 71.8 Å². The van der Waals surface area contributed by atoms with E-state index in [1.165, 1.54) is 30.0 Å². The fraction of sp³-hybridized carbons (Fsp3) is 0.469. The van der Waals surface area contributed by atoms with Gasteiger partial charge in [0.15, 0.2) is 0 Å². The molecule has 2 rings (SSSR count). The van der Waals surface area contributed by atoms with Crippen molar-refractivity contribution < 1.29 is 22.8 Å². The molecule has 0 aromatic heterocycles. The molecule has 10 nitrogen and oxygen atoms in total. The molecule has 0 radical (unpaired) electrons. The third-order valence-electron chi connectivity index (χ3n) is 7.71. The van der Waals surface area contributed by atoms with Crippen LogP contribution in [0.3, 0.4) is 0 Å². The number of sulfonamides is 1. The molecule has 11 heteroatoms. The largest absolute Gasteiger partial charge is 0.398 e. The molecule has 0 unspecified atom stereocenters. The number of para-hydroxylation sites is 1. The van der Waals surface area contributed by atoms with Gasteiger partial charge in [0.05, 0.1) is 17.8 Å². The predicted molar refractivity (Wildman–Crippen MR) is 170 cm³/mol. The number of nitrogens with zero attached hydrogens (tertiary/aromatic N) is 1. The van der Waals surface area contributed by atoms with Gasteiger partial charge in [0.1, 0.15) is 10.9 Å². The summed E-state index contributed by atoms with van der Waals surface area (Å²) in [5, 5.41) is 6.08. The first-order valence-corrected chi connectivity index (χ1v) is 15.8. The molecule has 5 N–H and O–H groups in total. The number of nitrogen functional groups attached to an aromatic ring is 1. The smallest absolute Gasteiger partial charge is 0.266 e. The average Bonchev–Trinajstić information content (AvgIpc) is 2.94. The number of anilines is 1. The number of nitrogens with one attached hydrogen (secondary N) is 3. The minimum absolute atomic E-state index is 0.0178. The number of rotatable bonds is 13. The summed E-state index contributed by atoms with van der Waals surface area (Å²) in [5.74, 6) is -1.84. The summed E-state index contributed by atoms with van der Waals surface area (Å²) in [7, 11) is -0.881. The van der Waals surface area contributed by atoms with Crippen molar-refractivity contribution in [3.8, 4) is 0 Å². The highest BCUT2D eigenvalue weighted by atomic mass is 32.2. The molecular weight excluding hydrogens is 566 g/mol. The Bertz CT molecular complexity index is 1420. The van der Waals surface area contributed by atoms with Gasteiger partial charge in [-0.2, -0.15) is 0 Å². The van der Waals surface area contributed by atoms with E-state index < -0.39 is 39.5 Å². The van der Waals surface area contributed by atoms with Crippen molar-refractivity contribution in [2.45, 2.75) is 76.9 Å². The lowest BCUT2D eigenvalue weighted by Crippen LogP contribution is -2.59. The highest BCUT2D eigenvalue weighted by molar-refractivity contribution is 7.90. The maximum Gasteiger partial charge on any atom is 0.266 e. The van der Waals surface area contributed by atoms with Crippen LogP contribution in [0.1, 0.15) is 54.0 Å². The summed E-state index contributed by atoms with van der Waals surface area (Å²) < 4.78 is 27.6. The van der Waals surface area contributed by atoms with Gasteiger partial charge in [-0.3, -0.25) is 14.4 Å². The van der Waals surface area contributed by atoms with Gasteiger partial charge >= 0.3 is 0 Å². The van der Waals surface area contributed by atoms with E-state index >= 15 is 0 Å². The molecule has 0 heterocycles. The van der Waals surface area contributed by atoms with Crippen LogP contribution in [0.5, 0.6) is 0 Å². The van der Waals surface area contributed by atoms with Gasteiger partial charge < -0.3 is 21.3 Å². The summed E-state index contributed by atoms with van der Waals surface area (Å²) in [6.07, 6.45) is 1.57. The van der Waals surface area contributed by atoms with Crippen LogP contribution in [0, 0.1) is 11.8 Å². The van der Waals surface area contributed by atoms with Gasteiger partial charge in [-0.1, -0.05) is 90.1 Å². The molecule has 2 aromatic rings. The summed E-state index contributed by atoms with van der Waals surface area (Å²) in [6, 6.07) is 13.5. The van der Waals surface area contributed by atoms with E-state index in [2.05, 4.69) is 15.4 Å². The molecule has 43 heavy (non-hydrogen) atoms. The number of hydrogen-bond acceptors (Lipinski definition) is 7. The lowest BCUT2D eigenvalue weighted by molar-refractivity contribution is -0.139. The molecule has 0 bridgehead atoms. The van der Waals surface area contributed by atoms with Crippen LogP contribution in [0.25, 0.3) is 0 Å². The van der Waals surface area contributed by atoms with Crippen LogP contribution in [0.15, 0.2) is 71.1 Å². The van der Waals surface area contributed by atoms with Gasteiger partial charge in [0.2, 0.25) is 11.8 Å². The Balaban J connectivity index is 2.29. The van der Waals surface area contributed by atoms with Gasteiger partial charge in [0, 0.05) is 18.0 Å². The van der Waals surface area contributed by atoms with Crippen molar-refractivity contribution >= 4 is 33.4 Å². The second kappa shape index (κ2) is 14.7. The topological polar surface area (TPSA) is 151 Å². The molecule has 3 amide bonds. The van der Waals surface area contributed by atoms with Gasteiger partial charge in [0.25, 0.3) is 15.9 Å². The standard InChI is InChI=1S/C32H47N5O5S/c1-20(2)25(19-22(5)29(38)36-43(41,42)26-18-14-13-17-24(26)33)37(9)31(40)27(21(3)4)35-30(39)28(34-8)32(6,7)23-15-11-10-12-16-23/h10-21,25,27-28,34H,33H2,1-9H3,(H,35,39)(H,36,38)/b22-19+/t25-,27+,28-/m1/s1. The molecule has 2 aromatic carbocycles. The lowest BCUT2D eigenvalue weighted by atomic mass is 9.77. The van der Waals surface area contributed by atoms with E-state index in [-0.39, 0.29) is 39.8 Å². The summed E-state index contributed by atoms with van der Waals surface area (Å²) >= 11 is 0. The minimum atomic E-state index is -4.21. The average molecular weight is 614 g/mol. The number of amides is 3. The first kappa shape index (κ1) is 35.5. The monoisotopic (exact) mass is 613 g/mol. The molecule has 0 aliphatic carbocycles. The zero-order valence-corrected chi connectivity index (χ0v) is 27.5. The van der Waals surface area contributed by atoms with Crippen molar-refractivity contribution in [1.82, 2.24) is 20.3 Å². The second-order valence-electron chi connectivity index (χ2n) is 12.0.